The number of methoxy groups -OCH3 is 3. The van der Waals surface area contributed by atoms with Crippen LogP contribution in [-0.2, 0) is 4.79 Å². The van der Waals surface area contributed by atoms with Crippen LogP contribution in [0.4, 0.5) is 5.69 Å². The lowest BCUT2D eigenvalue weighted by Gasteiger charge is -2.17. The quantitative estimate of drug-likeness (QED) is 0.821. The number of carbonyl (C=O) groups is 1. The minimum atomic E-state index is -0.225. The Morgan fingerprint density at radius 2 is 1.76 bits per heavy atom. The van der Waals surface area contributed by atoms with Gasteiger partial charge < -0.3 is 19.5 Å². The first kappa shape index (κ1) is 20.2. The molecular weight excluding hydrogens is 368 g/mol. The Labute approximate surface area is 169 Å². The lowest BCUT2D eigenvalue weighted by atomic mass is 9.98. The van der Waals surface area contributed by atoms with Crippen LogP contribution in [0.1, 0.15) is 6.92 Å². The minimum Gasteiger partial charge on any atom is -0.493 e. The van der Waals surface area contributed by atoms with Crippen molar-refractivity contribution in [2.45, 2.75) is 6.92 Å². The predicted octanol–water partition coefficient (Wildman–Crippen LogP) is 2.64. The maximum absolute atomic E-state index is 13.3. The Hall–Kier alpha value is -3.54. The highest BCUT2D eigenvalue weighted by Crippen LogP contribution is 2.40. The van der Waals surface area contributed by atoms with Crippen LogP contribution in [0.25, 0.3) is 5.57 Å². The fourth-order valence-electron chi connectivity index (χ4n) is 3.21. The highest BCUT2D eigenvalue weighted by atomic mass is 16.5. The SMILES string of the molecule is C/C=C\C=C1/CN=c2ccccc2=C1C(=O)Nc1cc(OC)c(OC)c(OC)c1. The van der Waals surface area contributed by atoms with Gasteiger partial charge in [0.15, 0.2) is 11.5 Å². The smallest absolute Gasteiger partial charge is 0.256 e. The Morgan fingerprint density at radius 3 is 2.38 bits per heavy atom. The van der Waals surface area contributed by atoms with Gasteiger partial charge in [0.2, 0.25) is 5.75 Å². The second kappa shape index (κ2) is 9.10. The van der Waals surface area contributed by atoms with Gasteiger partial charge in [-0.1, -0.05) is 36.4 Å². The third kappa shape index (κ3) is 4.16. The van der Waals surface area contributed by atoms with Crippen molar-refractivity contribution < 1.29 is 19.0 Å². The number of fused-ring (bicyclic) bond motifs is 1. The molecule has 1 amide bonds. The monoisotopic (exact) mass is 392 g/mol. The second-order valence-electron chi connectivity index (χ2n) is 6.29. The third-order valence-corrected chi connectivity index (χ3v) is 4.55. The number of hydrogen-bond acceptors (Lipinski definition) is 5. The molecule has 0 bridgehead atoms. The van der Waals surface area contributed by atoms with Crippen molar-refractivity contribution in [1.29, 1.82) is 0 Å². The van der Waals surface area contributed by atoms with E-state index in [2.05, 4.69) is 10.3 Å². The predicted molar refractivity (Wildman–Crippen MR) is 113 cm³/mol. The molecule has 0 radical (unpaired) electrons. The Bertz CT molecular complexity index is 1080. The van der Waals surface area contributed by atoms with Crippen molar-refractivity contribution in [1.82, 2.24) is 0 Å². The van der Waals surface area contributed by atoms with E-state index in [0.717, 1.165) is 16.1 Å². The van der Waals surface area contributed by atoms with E-state index in [-0.39, 0.29) is 5.91 Å². The molecule has 2 aromatic carbocycles. The van der Waals surface area contributed by atoms with Crippen molar-refractivity contribution in [3.05, 3.63) is 70.8 Å². The molecule has 0 atom stereocenters. The Morgan fingerprint density at radius 1 is 1.07 bits per heavy atom. The molecule has 0 saturated carbocycles. The summed E-state index contributed by atoms with van der Waals surface area (Å²) >= 11 is 0. The lowest BCUT2D eigenvalue weighted by Crippen LogP contribution is -2.36. The summed E-state index contributed by atoms with van der Waals surface area (Å²) in [5.74, 6) is 1.18. The van der Waals surface area contributed by atoms with Crippen LogP contribution >= 0.6 is 0 Å². The molecule has 0 aliphatic carbocycles. The number of rotatable bonds is 6. The normalized spacial score (nSPS) is 14.3. The van der Waals surface area contributed by atoms with Crippen LogP contribution in [0.5, 0.6) is 17.2 Å². The molecule has 1 N–H and O–H groups in total. The molecule has 0 spiro atoms. The molecule has 6 heteroatoms. The summed E-state index contributed by atoms with van der Waals surface area (Å²) in [5, 5.41) is 4.57. The summed E-state index contributed by atoms with van der Waals surface area (Å²) in [6.45, 7) is 2.37. The van der Waals surface area contributed by atoms with Crippen LogP contribution in [0.15, 0.2) is 65.2 Å². The van der Waals surface area contributed by atoms with E-state index in [0.29, 0.717) is 35.1 Å². The fraction of sp³-hybridized carbons (Fsp3) is 0.217. The van der Waals surface area contributed by atoms with Crippen molar-refractivity contribution in [3.8, 4) is 17.2 Å². The average Bonchev–Trinajstić information content (AvgIpc) is 2.76. The molecule has 0 aromatic heterocycles. The van der Waals surface area contributed by atoms with E-state index in [9.17, 15) is 4.79 Å². The lowest BCUT2D eigenvalue weighted by molar-refractivity contribution is -0.111. The Kier molecular flexibility index (Phi) is 6.34. The number of benzene rings is 2. The van der Waals surface area contributed by atoms with Gasteiger partial charge in [0.05, 0.1) is 38.8 Å². The molecular formula is C23H24N2O4. The van der Waals surface area contributed by atoms with Crippen molar-refractivity contribution in [3.63, 3.8) is 0 Å². The number of ether oxygens (including phenoxy) is 3. The topological polar surface area (TPSA) is 69.2 Å². The first-order valence-electron chi connectivity index (χ1n) is 9.20. The molecule has 1 aliphatic heterocycles. The molecule has 0 unspecified atom stereocenters. The van der Waals surface area contributed by atoms with Gasteiger partial charge >= 0.3 is 0 Å². The number of anilines is 1. The summed E-state index contributed by atoms with van der Waals surface area (Å²) in [5.41, 5.74) is 2.00. The van der Waals surface area contributed by atoms with E-state index in [4.69, 9.17) is 14.2 Å². The van der Waals surface area contributed by atoms with Crippen molar-refractivity contribution >= 4 is 17.2 Å². The molecule has 150 valence electrons. The van der Waals surface area contributed by atoms with E-state index < -0.39 is 0 Å². The van der Waals surface area contributed by atoms with Crippen LogP contribution in [0.2, 0.25) is 0 Å². The van der Waals surface area contributed by atoms with Gasteiger partial charge in [0.1, 0.15) is 0 Å². The maximum Gasteiger partial charge on any atom is 0.256 e. The molecule has 2 aromatic rings. The van der Waals surface area contributed by atoms with Gasteiger partial charge in [-0.25, -0.2) is 0 Å². The van der Waals surface area contributed by atoms with Crippen LogP contribution in [0, 0.1) is 0 Å². The maximum atomic E-state index is 13.3. The summed E-state index contributed by atoms with van der Waals surface area (Å²) in [4.78, 5) is 17.9. The first-order chi connectivity index (χ1) is 14.1. The van der Waals surface area contributed by atoms with E-state index in [1.807, 2.05) is 49.4 Å². The van der Waals surface area contributed by atoms with Gasteiger partial charge in [-0.05, 0) is 18.6 Å². The highest BCUT2D eigenvalue weighted by Gasteiger charge is 2.20. The molecule has 1 aliphatic rings. The first-order valence-corrected chi connectivity index (χ1v) is 9.20. The highest BCUT2D eigenvalue weighted by molar-refractivity contribution is 6.25. The zero-order chi connectivity index (χ0) is 20.8. The summed E-state index contributed by atoms with van der Waals surface area (Å²) in [6, 6.07) is 11.0. The van der Waals surface area contributed by atoms with Crippen LogP contribution in [-0.4, -0.2) is 33.8 Å². The van der Waals surface area contributed by atoms with E-state index in [1.54, 1.807) is 12.1 Å². The van der Waals surface area contributed by atoms with Crippen molar-refractivity contribution in [2.24, 2.45) is 4.99 Å². The van der Waals surface area contributed by atoms with Gasteiger partial charge in [-0.2, -0.15) is 0 Å². The minimum absolute atomic E-state index is 0.225. The number of para-hydroxylation sites is 1. The summed E-state index contributed by atoms with van der Waals surface area (Å²) in [6.07, 6.45) is 5.75. The van der Waals surface area contributed by atoms with Gasteiger partial charge in [0, 0.05) is 23.0 Å². The molecule has 6 nitrogen and oxygen atoms in total. The largest absolute Gasteiger partial charge is 0.493 e. The number of allylic oxidation sites excluding steroid dienone is 3. The van der Waals surface area contributed by atoms with E-state index in [1.165, 1.54) is 21.3 Å². The number of carbonyl (C=O) groups excluding carboxylic acids is 1. The summed E-state index contributed by atoms with van der Waals surface area (Å²) < 4.78 is 16.1. The zero-order valence-corrected chi connectivity index (χ0v) is 17.0. The Balaban J connectivity index is 2.08. The molecule has 29 heavy (non-hydrogen) atoms. The number of nitrogens with zero attached hydrogens (tertiary/aromatic N) is 1. The number of amides is 1. The van der Waals surface area contributed by atoms with Gasteiger partial charge in [-0.15, -0.1) is 0 Å². The fourth-order valence-corrected chi connectivity index (χ4v) is 3.21. The standard InChI is InChI=1S/C23H24N2O4/c1-5-6-9-15-14-24-18-11-8-7-10-17(18)21(15)23(26)25-16-12-19(27-2)22(29-4)20(13-16)28-3/h5-13H,14H2,1-4H3,(H,25,26)/b6-5-,15-9+. The molecule has 0 saturated heterocycles. The molecule has 3 rings (SSSR count). The average molecular weight is 392 g/mol. The van der Waals surface area contributed by atoms with Crippen LogP contribution < -0.4 is 30.1 Å². The van der Waals surface area contributed by atoms with Crippen LogP contribution in [0.3, 0.4) is 0 Å². The third-order valence-electron chi connectivity index (χ3n) is 4.55. The number of hydrogen-bond donors (Lipinski definition) is 1. The van der Waals surface area contributed by atoms with Gasteiger partial charge in [-0.3, -0.25) is 9.79 Å². The number of nitrogens with one attached hydrogen (secondary N) is 1. The molecule has 1 heterocycles. The zero-order valence-electron chi connectivity index (χ0n) is 17.0. The summed E-state index contributed by atoms with van der Waals surface area (Å²) in [7, 11) is 4.61. The van der Waals surface area contributed by atoms with Gasteiger partial charge in [0.25, 0.3) is 5.91 Å². The van der Waals surface area contributed by atoms with E-state index >= 15 is 0 Å². The van der Waals surface area contributed by atoms with Crippen molar-refractivity contribution in [2.75, 3.05) is 33.2 Å². The molecule has 0 fully saturated rings. The second-order valence-corrected chi connectivity index (χ2v) is 6.29.